The van der Waals surface area contributed by atoms with E-state index in [-0.39, 0.29) is 5.91 Å². The molecule has 4 rings (SSSR count). The molecule has 0 atom stereocenters. The van der Waals surface area contributed by atoms with Gasteiger partial charge in [-0.05, 0) is 38.0 Å². The fraction of sp³-hybridized carbons (Fsp3) is 0.391. The fourth-order valence-electron chi connectivity index (χ4n) is 4.10. The number of nitrogens with zero attached hydrogens (tertiary/aromatic N) is 4. The van der Waals surface area contributed by atoms with E-state index < -0.39 is 0 Å². The van der Waals surface area contributed by atoms with Gasteiger partial charge in [-0.15, -0.1) is 0 Å². The molecule has 1 aromatic carbocycles. The van der Waals surface area contributed by atoms with Crippen molar-refractivity contribution in [2.45, 2.75) is 51.5 Å². The summed E-state index contributed by atoms with van der Waals surface area (Å²) in [6, 6.07) is 8.29. The molecule has 5 heteroatoms. The molecule has 28 heavy (non-hydrogen) atoms. The standard InChI is InChI=1S/C23H26N4O/c1-16-9-10-21-19(11-16)20(12-22(26-21)17-13-24-15-25-14-17)23(28)27(2)18-7-5-3-4-6-8-18/h9-15,18H,3-8H2,1-2H3. The zero-order valence-corrected chi connectivity index (χ0v) is 16.6. The van der Waals surface area contributed by atoms with Gasteiger partial charge in [0.15, 0.2) is 0 Å². The number of aromatic nitrogens is 3. The first-order valence-electron chi connectivity index (χ1n) is 10.1. The van der Waals surface area contributed by atoms with Gasteiger partial charge in [0.25, 0.3) is 5.91 Å². The van der Waals surface area contributed by atoms with E-state index in [2.05, 4.69) is 16.0 Å². The molecule has 0 spiro atoms. The lowest BCUT2D eigenvalue weighted by Gasteiger charge is -2.28. The van der Waals surface area contributed by atoms with E-state index in [1.54, 1.807) is 12.4 Å². The van der Waals surface area contributed by atoms with Crippen molar-refractivity contribution in [3.63, 3.8) is 0 Å². The molecular formula is C23H26N4O. The Morgan fingerprint density at radius 2 is 1.75 bits per heavy atom. The van der Waals surface area contributed by atoms with Gasteiger partial charge in [-0.3, -0.25) is 4.79 Å². The third kappa shape index (κ3) is 3.75. The number of rotatable bonds is 3. The van der Waals surface area contributed by atoms with Gasteiger partial charge in [-0.25, -0.2) is 15.0 Å². The molecule has 3 aromatic rings. The predicted molar refractivity (Wildman–Crippen MR) is 111 cm³/mol. The van der Waals surface area contributed by atoms with Gasteiger partial charge in [0.1, 0.15) is 6.33 Å². The minimum Gasteiger partial charge on any atom is -0.339 e. The average molecular weight is 374 g/mol. The SMILES string of the molecule is Cc1ccc2nc(-c3cncnc3)cc(C(=O)N(C)C3CCCCCC3)c2c1. The Balaban J connectivity index is 1.79. The Morgan fingerprint density at radius 3 is 2.46 bits per heavy atom. The van der Waals surface area contributed by atoms with Crippen molar-refractivity contribution in [1.29, 1.82) is 0 Å². The third-order valence-electron chi connectivity index (χ3n) is 5.74. The van der Waals surface area contributed by atoms with Crippen LogP contribution in [-0.4, -0.2) is 38.8 Å². The van der Waals surface area contributed by atoms with Crippen LogP contribution >= 0.6 is 0 Å². The minimum absolute atomic E-state index is 0.0722. The van der Waals surface area contributed by atoms with Crippen molar-refractivity contribution in [3.05, 3.63) is 54.1 Å². The minimum atomic E-state index is 0.0722. The lowest BCUT2D eigenvalue weighted by Crippen LogP contribution is -2.36. The summed E-state index contributed by atoms with van der Waals surface area (Å²) >= 11 is 0. The molecule has 1 amide bonds. The normalized spacial score (nSPS) is 15.4. The Hall–Kier alpha value is -2.82. The van der Waals surface area contributed by atoms with Crippen molar-refractivity contribution in [3.8, 4) is 11.3 Å². The lowest BCUT2D eigenvalue weighted by atomic mass is 10.0. The maximum Gasteiger partial charge on any atom is 0.254 e. The van der Waals surface area contributed by atoms with Gasteiger partial charge in [-0.1, -0.05) is 37.3 Å². The summed E-state index contributed by atoms with van der Waals surface area (Å²) in [6.07, 6.45) is 12.1. The summed E-state index contributed by atoms with van der Waals surface area (Å²) < 4.78 is 0. The first-order valence-corrected chi connectivity index (χ1v) is 10.1. The quantitative estimate of drug-likeness (QED) is 0.618. The van der Waals surface area contributed by atoms with Gasteiger partial charge < -0.3 is 4.90 Å². The van der Waals surface area contributed by atoms with Gasteiger partial charge in [0.2, 0.25) is 0 Å². The maximum atomic E-state index is 13.5. The zero-order valence-electron chi connectivity index (χ0n) is 16.6. The Morgan fingerprint density at radius 1 is 1.04 bits per heavy atom. The molecule has 1 aliphatic rings. The molecule has 0 N–H and O–H groups in total. The summed E-state index contributed by atoms with van der Waals surface area (Å²) in [7, 11) is 1.95. The van der Waals surface area contributed by atoms with Crippen LogP contribution < -0.4 is 0 Å². The van der Waals surface area contributed by atoms with E-state index >= 15 is 0 Å². The highest BCUT2D eigenvalue weighted by atomic mass is 16.2. The number of fused-ring (bicyclic) bond motifs is 1. The highest BCUT2D eigenvalue weighted by molar-refractivity contribution is 6.07. The number of aryl methyl sites for hydroxylation is 1. The smallest absolute Gasteiger partial charge is 0.254 e. The average Bonchev–Trinajstić information content (AvgIpc) is 3.02. The Bertz CT molecular complexity index is 979. The van der Waals surface area contributed by atoms with Crippen LogP contribution in [0.3, 0.4) is 0 Å². The maximum absolute atomic E-state index is 13.5. The van der Waals surface area contributed by atoms with E-state index in [1.165, 1.54) is 32.0 Å². The summed E-state index contributed by atoms with van der Waals surface area (Å²) in [5.74, 6) is 0.0722. The van der Waals surface area contributed by atoms with Crippen LogP contribution in [0, 0.1) is 6.92 Å². The van der Waals surface area contributed by atoms with Crippen molar-refractivity contribution in [2.75, 3.05) is 7.05 Å². The fourth-order valence-corrected chi connectivity index (χ4v) is 4.10. The second-order valence-electron chi connectivity index (χ2n) is 7.76. The van der Waals surface area contributed by atoms with Crippen LogP contribution in [0.15, 0.2) is 43.0 Å². The highest BCUT2D eigenvalue weighted by Gasteiger charge is 2.24. The molecule has 5 nitrogen and oxygen atoms in total. The Kier molecular flexibility index (Phi) is 5.33. The molecule has 0 saturated heterocycles. The number of carbonyl (C=O) groups is 1. The van der Waals surface area contributed by atoms with E-state index in [1.807, 2.05) is 37.1 Å². The topological polar surface area (TPSA) is 59.0 Å². The Labute approximate surface area is 165 Å². The molecule has 2 aromatic heterocycles. The molecule has 0 aliphatic heterocycles. The van der Waals surface area contributed by atoms with Crippen LogP contribution in [0.5, 0.6) is 0 Å². The number of hydrogen-bond acceptors (Lipinski definition) is 4. The molecule has 1 fully saturated rings. The molecule has 144 valence electrons. The first-order chi connectivity index (χ1) is 13.6. The van der Waals surface area contributed by atoms with Crippen LogP contribution in [0.4, 0.5) is 0 Å². The van der Waals surface area contributed by atoms with Crippen LogP contribution in [-0.2, 0) is 0 Å². The molecule has 1 aliphatic carbocycles. The third-order valence-corrected chi connectivity index (χ3v) is 5.74. The van der Waals surface area contributed by atoms with E-state index in [0.717, 1.165) is 40.6 Å². The molecule has 0 bridgehead atoms. The van der Waals surface area contributed by atoms with E-state index in [9.17, 15) is 4.79 Å². The number of carbonyl (C=O) groups excluding carboxylic acids is 1. The van der Waals surface area contributed by atoms with Gasteiger partial charge in [0, 0.05) is 36.4 Å². The van der Waals surface area contributed by atoms with Crippen molar-refractivity contribution in [1.82, 2.24) is 19.9 Å². The van der Waals surface area contributed by atoms with E-state index in [4.69, 9.17) is 4.98 Å². The zero-order chi connectivity index (χ0) is 19.5. The van der Waals surface area contributed by atoms with E-state index in [0.29, 0.717) is 11.6 Å². The van der Waals surface area contributed by atoms with Crippen LogP contribution in [0.25, 0.3) is 22.2 Å². The molecule has 0 unspecified atom stereocenters. The second-order valence-corrected chi connectivity index (χ2v) is 7.76. The number of benzene rings is 1. The predicted octanol–water partition coefficient (Wildman–Crippen LogP) is 4.80. The van der Waals surface area contributed by atoms with Crippen molar-refractivity contribution >= 4 is 16.8 Å². The summed E-state index contributed by atoms with van der Waals surface area (Å²) in [5.41, 5.74) is 4.20. The van der Waals surface area contributed by atoms with Crippen LogP contribution in [0.1, 0.15) is 54.4 Å². The number of pyridine rings is 1. The molecular weight excluding hydrogens is 348 g/mol. The van der Waals surface area contributed by atoms with Crippen molar-refractivity contribution < 1.29 is 4.79 Å². The van der Waals surface area contributed by atoms with Gasteiger partial charge in [0.05, 0.1) is 16.8 Å². The second kappa shape index (κ2) is 8.05. The number of amides is 1. The van der Waals surface area contributed by atoms with Gasteiger partial charge in [-0.2, -0.15) is 0 Å². The monoisotopic (exact) mass is 374 g/mol. The molecule has 0 radical (unpaired) electrons. The number of hydrogen-bond donors (Lipinski definition) is 0. The summed E-state index contributed by atoms with van der Waals surface area (Å²) in [5, 5.41) is 0.908. The largest absolute Gasteiger partial charge is 0.339 e. The summed E-state index contributed by atoms with van der Waals surface area (Å²) in [4.78, 5) is 28.5. The first kappa shape index (κ1) is 18.5. The highest BCUT2D eigenvalue weighted by Crippen LogP contribution is 2.28. The van der Waals surface area contributed by atoms with Crippen LogP contribution in [0.2, 0.25) is 0 Å². The summed E-state index contributed by atoms with van der Waals surface area (Å²) in [6.45, 7) is 2.04. The molecule has 2 heterocycles. The molecule has 1 saturated carbocycles. The lowest BCUT2D eigenvalue weighted by molar-refractivity contribution is 0.0719. The van der Waals surface area contributed by atoms with Crippen molar-refractivity contribution in [2.24, 2.45) is 0 Å². The van der Waals surface area contributed by atoms with Gasteiger partial charge >= 0.3 is 0 Å².